The Kier molecular flexibility index (Phi) is 3.94. The number of hydrogen-bond acceptors (Lipinski definition) is 2. The molecule has 0 N–H and O–H groups in total. The molecule has 0 amide bonds. The standard InChI is InChI=1S/C14H19ClOS/c1-10-6-12(15)7-11(2)13(10)16-8-14(9-17)4-3-5-14/h6-7,17H,3-5,8-9H2,1-2H3. The van der Waals surface area contributed by atoms with Crippen LogP contribution >= 0.6 is 24.2 Å². The zero-order chi connectivity index (χ0) is 12.5. The summed E-state index contributed by atoms with van der Waals surface area (Å²) in [5.74, 6) is 1.90. The van der Waals surface area contributed by atoms with Gasteiger partial charge in [-0.2, -0.15) is 12.6 Å². The minimum atomic E-state index is 0.307. The van der Waals surface area contributed by atoms with Crippen molar-refractivity contribution in [2.24, 2.45) is 5.41 Å². The third-order valence-corrected chi connectivity index (χ3v) is 4.59. The van der Waals surface area contributed by atoms with Gasteiger partial charge < -0.3 is 4.74 Å². The molecule has 0 aromatic heterocycles. The summed E-state index contributed by atoms with van der Waals surface area (Å²) in [6, 6.07) is 3.91. The third-order valence-electron chi connectivity index (χ3n) is 3.70. The molecule has 1 aliphatic rings. The van der Waals surface area contributed by atoms with Crippen molar-refractivity contribution in [2.75, 3.05) is 12.4 Å². The topological polar surface area (TPSA) is 9.23 Å². The van der Waals surface area contributed by atoms with Crippen molar-refractivity contribution in [2.45, 2.75) is 33.1 Å². The molecule has 94 valence electrons. The highest BCUT2D eigenvalue weighted by molar-refractivity contribution is 7.80. The van der Waals surface area contributed by atoms with Gasteiger partial charge in [0.05, 0.1) is 6.61 Å². The van der Waals surface area contributed by atoms with Gasteiger partial charge in [-0.05, 0) is 55.7 Å². The van der Waals surface area contributed by atoms with Crippen molar-refractivity contribution >= 4 is 24.2 Å². The van der Waals surface area contributed by atoms with Gasteiger partial charge in [-0.1, -0.05) is 18.0 Å². The Morgan fingerprint density at radius 3 is 2.29 bits per heavy atom. The summed E-state index contributed by atoms with van der Waals surface area (Å²) in [6.45, 7) is 4.87. The van der Waals surface area contributed by atoms with Gasteiger partial charge in [0, 0.05) is 10.4 Å². The number of rotatable bonds is 4. The first kappa shape index (κ1) is 13.1. The average molecular weight is 271 g/mol. The molecular formula is C14H19ClOS. The van der Waals surface area contributed by atoms with E-state index in [0.29, 0.717) is 5.41 Å². The molecule has 0 radical (unpaired) electrons. The molecule has 2 rings (SSSR count). The van der Waals surface area contributed by atoms with Crippen LogP contribution in [0.25, 0.3) is 0 Å². The summed E-state index contributed by atoms with van der Waals surface area (Å²) in [4.78, 5) is 0. The maximum atomic E-state index is 6.01. The Labute approximate surface area is 114 Å². The van der Waals surface area contributed by atoms with E-state index in [1.54, 1.807) is 0 Å². The van der Waals surface area contributed by atoms with Crippen LogP contribution in [0.3, 0.4) is 0 Å². The lowest BCUT2D eigenvalue weighted by atomic mass is 9.71. The molecule has 0 aliphatic heterocycles. The second-order valence-corrected chi connectivity index (χ2v) is 5.92. The summed E-state index contributed by atoms with van der Waals surface area (Å²) < 4.78 is 6.01. The number of halogens is 1. The van der Waals surface area contributed by atoms with Gasteiger partial charge in [-0.3, -0.25) is 0 Å². The van der Waals surface area contributed by atoms with E-state index >= 15 is 0 Å². The second-order valence-electron chi connectivity index (χ2n) is 5.17. The van der Waals surface area contributed by atoms with Crippen LogP contribution in [0.2, 0.25) is 5.02 Å². The van der Waals surface area contributed by atoms with Crippen molar-refractivity contribution in [3.05, 3.63) is 28.3 Å². The lowest BCUT2D eigenvalue weighted by Gasteiger charge is -2.40. The molecule has 0 saturated heterocycles. The number of ether oxygens (including phenoxy) is 1. The van der Waals surface area contributed by atoms with Crippen LogP contribution in [0, 0.1) is 19.3 Å². The van der Waals surface area contributed by atoms with Crippen LogP contribution in [-0.4, -0.2) is 12.4 Å². The fraction of sp³-hybridized carbons (Fsp3) is 0.571. The Hall–Kier alpha value is -0.340. The summed E-state index contributed by atoms with van der Waals surface area (Å²) in [6.07, 6.45) is 3.78. The first-order chi connectivity index (χ1) is 8.06. The summed E-state index contributed by atoms with van der Waals surface area (Å²) in [5.41, 5.74) is 2.54. The summed E-state index contributed by atoms with van der Waals surface area (Å²) in [5, 5.41) is 0.778. The minimum Gasteiger partial charge on any atom is -0.492 e. The van der Waals surface area contributed by atoms with E-state index in [0.717, 1.165) is 34.3 Å². The smallest absolute Gasteiger partial charge is 0.125 e. The van der Waals surface area contributed by atoms with Crippen molar-refractivity contribution in [3.63, 3.8) is 0 Å². The highest BCUT2D eigenvalue weighted by atomic mass is 35.5. The van der Waals surface area contributed by atoms with E-state index < -0.39 is 0 Å². The van der Waals surface area contributed by atoms with E-state index in [2.05, 4.69) is 12.6 Å². The van der Waals surface area contributed by atoms with Crippen LogP contribution in [0.4, 0.5) is 0 Å². The van der Waals surface area contributed by atoms with E-state index in [9.17, 15) is 0 Å². The van der Waals surface area contributed by atoms with Crippen molar-refractivity contribution in [1.29, 1.82) is 0 Å². The van der Waals surface area contributed by atoms with Crippen molar-refractivity contribution in [1.82, 2.24) is 0 Å². The Morgan fingerprint density at radius 2 is 1.88 bits per heavy atom. The first-order valence-corrected chi connectivity index (χ1v) is 7.08. The minimum absolute atomic E-state index is 0.307. The van der Waals surface area contributed by atoms with Gasteiger partial charge in [0.15, 0.2) is 0 Å². The maximum Gasteiger partial charge on any atom is 0.125 e. The number of thiol groups is 1. The van der Waals surface area contributed by atoms with Gasteiger partial charge in [0.2, 0.25) is 0 Å². The molecule has 1 aromatic carbocycles. The molecule has 17 heavy (non-hydrogen) atoms. The molecule has 1 saturated carbocycles. The van der Waals surface area contributed by atoms with Gasteiger partial charge in [-0.15, -0.1) is 0 Å². The van der Waals surface area contributed by atoms with Gasteiger partial charge in [0.1, 0.15) is 5.75 Å². The molecule has 1 fully saturated rings. The Balaban J connectivity index is 2.09. The van der Waals surface area contributed by atoms with Crippen LogP contribution in [0.5, 0.6) is 5.75 Å². The first-order valence-electron chi connectivity index (χ1n) is 6.07. The second kappa shape index (κ2) is 5.11. The van der Waals surface area contributed by atoms with Gasteiger partial charge >= 0.3 is 0 Å². The molecular weight excluding hydrogens is 252 g/mol. The lowest BCUT2D eigenvalue weighted by molar-refractivity contribution is 0.0821. The van der Waals surface area contributed by atoms with E-state index in [1.807, 2.05) is 26.0 Å². The fourth-order valence-electron chi connectivity index (χ4n) is 2.38. The van der Waals surface area contributed by atoms with E-state index in [-0.39, 0.29) is 0 Å². The predicted octanol–water partition coefficient (Wildman–Crippen LogP) is 4.44. The molecule has 1 aromatic rings. The SMILES string of the molecule is Cc1cc(Cl)cc(C)c1OCC1(CS)CCC1. The number of hydrogen-bond donors (Lipinski definition) is 1. The third kappa shape index (κ3) is 2.74. The van der Waals surface area contributed by atoms with Crippen LogP contribution in [-0.2, 0) is 0 Å². The maximum absolute atomic E-state index is 6.01. The zero-order valence-electron chi connectivity index (χ0n) is 10.4. The number of aryl methyl sites for hydroxylation is 2. The molecule has 1 nitrogen and oxygen atoms in total. The number of benzene rings is 1. The van der Waals surface area contributed by atoms with Gasteiger partial charge in [-0.25, -0.2) is 0 Å². The highest BCUT2D eigenvalue weighted by Gasteiger charge is 2.36. The highest BCUT2D eigenvalue weighted by Crippen LogP contribution is 2.42. The van der Waals surface area contributed by atoms with Crippen LogP contribution in [0.1, 0.15) is 30.4 Å². The monoisotopic (exact) mass is 270 g/mol. The Bertz CT molecular complexity index is 384. The Morgan fingerprint density at radius 1 is 1.29 bits per heavy atom. The quantitative estimate of drug-likeness (QED) is 0.796. The van der Waals surface area contributed by atoms with E-state index in [4.69, 9.17) is 16.3 Å². The summed E-state index contributed by atoms with van der Waals surface area (Å²) in [7, 11) is 0. The summed E-state index contributed by atoms with van der Waals surface area (Å²) >= 11 is 10.5. The molecule has 0 spiro atoms. The predicted molar refractivity (Wildman–Crippen MR) is 76.6 cm³/mol. The molecule has 1 aliphatic carbocycles. The normalized spacial score (nSPS) is 17.6. The zero-order valence-corrected chi connectivity index (χ0v) is 12.1. The molecule has 0 heterocycles. The van der Waals surface area contributed by atoms with E-state index in [1.165, 1.54) is 19.3 Å². The molecule has 0 bridgehead atoms. The molecule has 0 atom stereocenters. The molecule has 3 heteroatoms. The largest absolute Gasteiger partial charge is 0.492 e. The van der Waals surface area contributed by atoms with Crippen LogP contribution < -0.4 is 4.74 Å². The lowest BCUT2D eigenvalue weighted by Crippen LogP contribution is -2.37. The van der Waals surface area contributed by atoms with Crippen molar-refractivity contribution < 1.29 is 4.74 Å². The van der Waals surface area contributed by atoms with Crippen LogP contribution in [0.15, 0.2) is 12.1 Å². The fourth-order valence-corrected chi connectivity index (χ4v) is 3.11. The molecule has 0 unspecified atom stereocenters. The average Bonchev–Trinajstić information content (AvgIpc) is 2.19. The van der Waals surface area contributed by atoms with Crippen molar-refractivity contribution in [3.8, 4) is 5.75 Å². The van der Waals surface area contributed by atoms with Gasteiger partial charge in [0.25, 0.3) is 0 Å².